The van der Waals surface area contributed by atoms with Crippen molar-refractivity contribution in [3.05, 3.63) is 39.9 Å². The van der Waals surface area contributed by atoms with E-state index in [4.69, 9.17) is 4.74 Å². The Morgan fingerprint density at radius 3 is 2.69 bits per heavy atom. The molecule has 2 rings (SSSR count). The van der Waals surface area contributed by atoms with E-state index in [1.54, 1.807) is 19.2 Å². The summed E-state index contributed by atoms with van der Waals surface area (Å²) in [7, 11) is 1.69. The molecule has 0 radical (unpaired) electrons. The Morgan fingerprint density at radius 1 is 1.35 bits per heavy atom. The van der Waals surface area contributed by atoms with Gasteiger partial charge in [-0.05, 0) is 38.2 Å². The SMILES string of the molecule is CCOC(=O)C1CCC(NC(=NC)NCc2cccc([N+](=O)[O-])c2)CC1. The predicted octanol–water partition coefficient (Wildman–Crippen LogP) is 2.38. The molecule has 1 aromatic carbocycles. The second kappa shape index (κ2) is 9.74. The monoisotopic (exact) mass is 362 g/mol. The van der Waals surface area contributed by atoms with Crippen molar-refractivity contribution in [2.45, 2.75) is 45.2 Å². The van der Waals surface area contributed by atoms with Crippen LogP contribution in [0, 0.1) is 16.0 Å². The van der Waals surface area contributed by atoms with Gasteiger partial charge < -0.3 is 15.4 Å². The first kappa shape index (κ1) is 19.7. The Kier molecular flexibility index (Phi) is 7.37. The summed E-state index contributed by atoms with van der Waals surface area (Å²) in [6.45, 7) is 2.69. The third-order valence-electron chi connectivity index (χ3n) is 4.49. The number of guanidine groups is 1. The fourth-order valence-corrected chi connectivity index (χ4v) is 3.09. The van der Waals surface area contributed by atoms with Crippen molar-refractivity contribution in [2.24, 2.45) is 10.9 Å². The van der Waals surface area contributed by atoms with Gasteiger partial charge in [0.25, 0.3) is 5.69 Å². The Hall–Kier alpha value is -2.64. The molecule has 0 aromatic heterocycles. The summed E-state index contributed by atoms with van der Waals surface area (Å²) in [5, 5.41) is 17.4. The first-order valence-electron chi connectivity index (χ1n) is 8.90. The van der Waals surface area contributed by atoms with E-state index >= 15 is 0 Å². The fourth-order valence-electron chi connectivity index (χ4n) is 3.09. The minimum Gasteiger partial charge on any atom is -0.466 e. The summed E-state index contributed by atoms with van der Waals surface area (Å²) in [6, 6.07) is 6.76. The molecule has 2 N–H and O–H groups in total. The number of hydrogen-bond acceptors (Lipinski definition) is 5. The minimum absolute atomic E-state index is 0.00663. The zero-order valence-corrected chi connectivity index (χ0v) is 15.2. The normalized spacial score (nSPS) is 20.3. The van der Waals surface area contributed by atoms with E-state index in [1.807, 2.05) is 13.0 Å². The summed E-state index contributed by atoms with van der Waals surface area (Å²) in [6.07, 6.45) is 3.36. The third-order valence-corrected chi connectivity index (χ3v) is 4.49. The standard InChI is InChI=1S/C18H26N4O4/c1-3-26-17(23)14-7-9-15(10-8-14)21-18(19-2)20-12-13-5-4-6-16(11-13)22(24)25/h4-6,11,14-15H,3,7-10,12H2,1-2H3,(H2,19,20,21). The summed E-state index contributed by atoms with van der Waals surface area (Å²) in [5.74, 6) is 0.545. The van der Waals surface area contributed by atoms with Crippen LogP contribution in [0.3, 0.4) is 0 Å². The number of nitro benzene ring substituents is 1. The molecule has 26 heavy (non-hydrogen) atoms. The Morgan fingerprint density at radius 2 is 2.08 bits per heavy atom. The molecule has 1 fully saturated rings. The van der Waals surface area contributed by atoms with Crippen LogP contribution in [-0.2, 0) is 16.1 Å². The van der Waals surface area contributed by atoms with Gasteiger partial charge in [0.2, 0.25) is 0 Å². The van der Waals surface area contributed by atoms with Crippen LogP contribution in [0.15, 0.2) is 29.3 Å². The van der Waals surface area contributed by atoms with Crippen molar-refractivity contribution >= 4 is 17.6 Å². The number of carbonyl (C=O) groups excluding carboxylic acids is 1. The lowest BCUT2D eigenvalue weighted by Gasteiger charge is -2.29. The molecule has 8 heteroatoms. The Bertz CT molecular complexity index is 654. The highest BCUT2D eigenvalue weighted by Crippen LogP contribution is 2.25. The Labute approximate surface area is 153 Å². The van der Waals surface area contributed by atoms with E-state index in [2.05, 4.69) is 15.6 Å². The number of benzene rings is 1. The quantitative estimate of drug-likeness (QED) is 0.265. The van der Waals surface area contributed by atoms with Gasteiger partial charge in [0.05, 0.1) is 17.4 Å². The number of hydrogen-bond donors (Lipinski definition) is 2. The van der Waals surface area contributed by atoms with Gasteiger partial charge in [-0.25, -0.2) is 0 Å². The molecule has 0 unspecified atom stereocenters. The van der Waals surface area contributed by atoms with Gasteiger partial charge in [0.1, 0.15) is 0 Å². The zero-order valence-electron chi connectivity index (χ0n) is 15.2. The van der Waals surface area contributed by atoms with Crippen LogP contribution < -0.4 is 10.6 Å². The van der Waals surface area contributed by atoms with Gasteiger partial charge >= 0.3 is 5.97 Å². The smallest absolute Gasteiger partial charge is 0.308 e. The fraction of sp³-hybridized carbons (Fsp3) is 0.556. The number of non-ortho nitro benzene ring substituents is 1. The van der Waals surface area contributed by atoms with E-state index in [-0.39, 0.29) is 23.6 Å². The summed E-state index contributed by atoms with van der Waals surface area (Å²) in [4.78, 5) is 26.4. The molecule has 0 atom stereocenters. The van der Waals surface area contributed by atoms with Crippen LogP contribution in [0.5, 0.6) is 0 Å². The highest BCUT2D eigenvalue weighted by molar-refractivity contribution is 5.80. The molecule has 142 valence electrons. The number of carbonyl (C=O) groups is 1. The average molecular weight is 362 g/mol. The molecule has 1 aliphatic carbocycles. The molecule has 1 saturated carbocycles. The van der Waals surface area contributed by atoms with E-state index in [1.165, 1.54) is 6.07 Å². The number of aliphatic imine (C=N–C) groups is 1. The van der Waals surface area contributed by atoms with Crippen LogP contribution in [0.1, 0.15) is 38.2 Å². The summed E-state index contributed by atoms with van der Waals surface area (Å²) in [5.41, 5.74) is 0.887. The van der Waals surface area contributed by atoms with Gasteiger partial charge in [0.15, 0.2) is 5.96 Å². The maximum absolute atomic E-state index is 11.8. The van der Waals surface area contributed by atoms with Crippen molar-refractivity contribution in [3.8, 4) is 0 Å². The second-order valence-corrected chi connectivity index (χ2v) is 6.30. The van der Waals surface area contributed by atoms with E-state index in [0.717, 1.165) is 31.2 Å². The molecule has 1 aliphatic rings. The van der Waals surface area contributed by atoms with Crippen molar-refractivity contribution in [3.63, 3.8) is 0 Å². The molecule has 0 saturated heterocycles. The molecule has 0 aliphatic heterocycles. The van der Waals surface area contributed by atoms with Crippen LogP contribution in [0.4, 0.5) is 5.69 Å². The van der Waals surface area contributed by atoms with Crippen molar-refractivity contribution < 1.29 is 14.5 Å². The first-order valence-corrected chi connectivity index (χ1v) is 8.90. The van der Waals surface area contributed by atoms with Crippen molar-refractivity contribution in [2.75, 3.05) is 13.7 Å². The molecule has 0 bridgehead atoms. The third kappa shape index (κ3) is 5.72. The van der Waals surface area contributed by atoms with Gasteiger partial charge in [-0.15, -0.1) is 0 Å². The zero-order chi connectivity index (χ0) is 18.9. The molecular weight excluding hydrogens is 336 g/mol. The largest absolute Gasteiger partial charge is 0.466 e. The summed E-state index contributed by atoms with van der Waals surface area (Å²) >= 11 is 0. The number of nitrogens with one attached hydrogen (secondary N) is 2. The van der Waals surface area contributed by atoms with Crippen LogP contribution in [0.2, 0.25) is 0 Å². The first-order chi connectivity index (χ1) is 12.5. The molecule has 1 aromatic rings. The minimum atomic E-state index is -0.404. The highest BCUT2D eigenvalue weighted by Gasteiger charge is 2.27. The predicted molar refractivity (Wildman–Crippen MR) is 98.8 cm³/mol. The molecule has 0 spiro atoms. The average Bonchev–Trinajstić information content (AvgIpc) is 2.66. The lowest BCUT2D eigenvalue weighted by Crippen LogP contribution is -2.45. The molecule has 8 nitrogen and oxygen atoms in total. The maximum Gasteiger partial charge on any atom is 0.308 e. The van der Waals surface area contributed by atoms with Gasteiger partial charge in [-0.2, -0.15) is 0 Å². The van der Waals surface area contributed by atoms with Crippen LogP contribution in [0.25, 0.3) is 0 Å². The van der Waals surface area contributed by atoms with Gasteiger partial charge in [0, 0.05) is 31.8 Å². The second-order valence-electron chi connectivity index (χ2n) is 6.30. The van der Waals surface area contributed by atoms with E-state index in [0.29, 0.717) is 19.1 Å². The van der Waals surface area contributed by atoms with Gasteiger partial charge in [-0.3, -0.25) is 19.9 Å². The Balaban J connectivity index is 1.81. The number of esters is 1. The van der Waals surface area contributed by atoms with Gasteiger partial charge in [-0.1, -0.05) is 12.1 Å². The number of nitrogens with zero attached hydrogens (tertiary/aromatic N) is 2. The number of ether oxygens (including phenoxy) is 1. The summed E-state index contributed by atoms with van der Waals surface area (Å²) < 4.78 is 5.09. The lowest BCUT2D eigenvalue weighted by atomic mass is 9.86. The number of rotatable bonds is 6. The topological polar surface area (TPSA) is 106 Å². The lowest BCUT2D eigenvalue weighted by molar-refractivity contribution is -0.384. The maximum atomic E-state index is 11.8. The molecule has 0 heterocycles. The molecule has 0 amide bonds. The van der Waals surface area contributed by atoms with Crippen molar-refractivity contribution in [1.29, 1.82) is 0 Å². The highest BCUT2D eigenvalue weighted by atomic mass is 16.6. The van der Waals surface area contributed by atoms with Crippen LogP contribution >= 0.6 is 0 Å². The molecular formula is C18H26N4O4. The van der Waals surface area contributed by atoms with Crippen LogP contribution in [-0.4, -0.2) is 36.5 Å². The van der Waals surface area contributed by atoms with E-state index < -0.39 is 4.92 Å². The van der Waals surface area contributed by atoms with Crippen molar-refractivity contribution in [1.82, 2.24) is 10.6 Å². The number of nitro groups is 1. The van der Waals surface area contributed by atoms with E-state index in [9.17, 15) is 14.9 Å².